The maximum absolute atomic E-state index is 12.0. The zero-order valence-electron chi connectivity index (χ0n) is 12.7. The molecule has 2 N–H and O–H groups in total. The number of rotatable bonds is 4. The van der Waals surface area contributed by atoms with E-state index in [9.17, 15) is 14.4 Å². The van der Waals surface area contributed by atoms with Crippen molar-refractivity contribution in [3.63, 3.8) is 0 Å². The number of nitrogens with zero attached hydrogens (tertiary/aromatic N) is 1. The number of fused-ring (bicyclic) bond motifs is 1. The van der Waals surface area contributed by atoms with Crippen LogP contribution < -0.4 is 10.6 Å². The Morgan fingerprint density at radius 1 is 1.30 bits per heavy atom. The Kier molecular flexibility index (Phi) is 4.41. The number of amides is 3. The summed E-state index contributed by atoms with van der Waals surface area (Å²) in [5, 5.41) is 5.47. The van der Waals surface area contributed by atoms with Gasteiger partial charge in [-0.15, -0.1) is 0 Å². The van der Waals surface area contributed by atoms with Gasteiger partial charge in [-0.3, -0.25) is 14.4 Å². The Bertz CT molecular complexity index is 618. The largest absolute Gasteiger partial charge is 0.351 e. The minimum absolute atomic E-state index is 0.0514. The van der Waals surface area contributed by atoms with E-state index in [2.05, 4.69) is 10.6 Å². The molecular formula is C17H19N3O3. The summed E-state index contributed by atoms with van der Waals surface area (Å²) in [4.78, 5) is 37.1. The molecular weight excluding hydrogens is 294 g/mol. The van der Waals surface area contributed by atoms with E-state index in [1.54, 1.807) is 4.90 Å². The summed E-state index contributed by atoms with van der Waals surface area (Å²) in [7, 11) is 0. The quantitative estimate of drug-likeness (QED) is 0.839. The normalized spacial score (nSPS) is 23.7. The standard InChI is InChI=1S/C17H19N3O3/c21-15(8-4-7-12-5-2-1-3-6-12)19-13-9-14-17(23)18-10-16(22)20(14)11-13/h1-7,13-14H,8-11H2,(H,18,23)(H,19,21)/t13-,14+/m1/s1. The molecule has 120 valence electrons. The summed E-state index contributed by atoms with van der Waals surface area (Å²) in [6, 6.07) is 9.15. The molecule has 3 amide bonds. The average Bonchev–Trinajstić information content (AvgIpc) is 2.97. The van der Waals surface area contributed by atoms with Gasteiger partial charge in [0.25, 0.3) is 0 Å². The molecule has 0 spiro atoms. The first-order valence-electron chi connectivity index (χ1n) is 7.71. The minimum atomic E-state index is -0.443. The van der Waals surface area contributed by atoms with Crippen LogP contribution in [0.25, 0.3) is 6.08 Å². The molecule has 2 aliphatic rings. The fourth-order valence-corrected chi connectivity index (χ4v) is 3.00. The summed E-state index contributed by atoms with van der Waals surface area (Å²) in [5.74, 6) is -0.324. The lowest BCUT2D eigenvalue weighted by Crippen LogP contribution is -2.55. The number of benzene rings is 1. The summed E-state index contributed by atoms with van der Waals surface area (Å²) in [6.45, 7) is 0.459. The summed E-state index contributed by atoms with van der Waals surface area (Å²) >= 11 is 0. The highest BCUT2D eigenvalue weighted by atomic mass is 16.2. The fraction of sp³-hybridized carbons (Fsp3) is 0.353. The molecule has 2 aliphatic heterocycles. The monoisotopic (exact) mass is 313 g/mol. The van der Waals surface area contributed by atoms with Crippen molar-refractivity contribution >= 4 is 23.8 Å². The van der Waals surface area contributed by atoms with Crippen molar-refractivity contribution in [2.45, 2.75) is 24.9 Å². The van der Waals surface area contributed by atoms with E-state index in [-0.39, 0.29) is 36.7 Å². The molecule has 2 heterocycles. The van der Waals surface area contributed by atoms with Crippen LogP contribution in [0.5, 0.6) is 0 Å². The van der Waals surface area contributed by atoms with Crippen molar-refractivity contribution in [2.75, 3.05) is 13.1 Å². The molecule has 0 saturated carbocycles. The first kappa shape index (κ1) is 15.3. The molecule has 1 aromatic carbocycles. The maximum Gasteiger partial charge on any atom is 0.243 e. The highest BCUT2D eigenvalue weighted by Crippen LogP contribution is 2.20. The second kappa shape index (κ2) is 6.64. The number of nitrogens with one attached hydrogen (secondary N) is 2. The number of carbonyl (C=O) groups excluding carboxylic acids is 3. The smallest absolute Gasteiger partial charge is 0.243 e. The third kappa shape index (κ3) is 3.59. The van der Waals surface area contributed by atoms with E-state index >= 15 is 0 Å². The average molecular weight is 313 g/mol. The first-order chi connectivity index (χ1) is 11.1. The van der Waals surface area contributed by atoms with Crippen LogP contribution in [-0.2, 0) is 14.4 Å². The van der Waals surface area contributed by atoms with Gasteiger partial charge in [0.1, 0.15) is 6.04 Å². The van der Waals surface area contributed by atoms with Gasteiger partial charge in [0.15, 0.2) is 0 Å². The van der Waals surface area contributed by atoms with E-state index in [0.717, 1.165) is 5.56 Å². The third-order valence-electron chi connectivity index (χ3n) is 4.12. The van der Waals surface area contributed by atoms with Crippen LogP contribution in [0.15, 0.2) is 36.4 Å². The van der Waals surface area contributed by atoms with Crippen molar-refractivity contribution in [3.8, 4) is 0 Å². The first-order valence-corrected chi connectivity index (χ1v) is 7.71. The maximum atomic E-state index is 12.0. The van der Waals surface area contributed by atoms with Gasteiger partial charge in [-0.2, -0.15) is 0 Å². The lowest BCUT2D eigenvalue weighted by atomic mass is 10.1. The molecule has 6 heteroatoms. The van der Waals surface area contributed by atoms with Crippen LogP contribution >= 0.6 is 0 Å². The van der Waals surface area contributed by atoms with Gasteiger partial charge in [-0.25, -0.2) is 0 Å². The SMILES string of the molecule is O=C(CC=Cc1ccccc1)N[C@@H]1C[C@H]2C(=O)NCC(=O)N2C1. The Labute approximate surface area is 134 Å². The number of carbonyl (C=O) groups is 3. The van der Waals surface area contributed by atoms with E-state index in [1.165, 1.54) is 0 Å². The van der Waals surface area contributed by atoms with Gasteiger partial charge < -0.3 is 15.5 Å². The molecule has 0 aliphatic carbocycles. The molecule has 2 atom stereocenters. The van der Waals surface area contributed by atoms with Crippen LogP contribution in [-0.4, -0.2) is 47.8 Å². The Morgan fingerprint density at radius 3 is 2.83 bits per heavy atom. The molecule has 2 fully saturated rings. The highest BCUT2D eigenvalue weighted by molar-refractivity contribution is 5.95. The summed E-state index contributed by atoms with van der Waals surface area (Å²) < 4.78 is 0. The Hall–Kier alpha value is -2.63. The molecule has 2 saturated heterocycles. The fourth-order valence-electron chi connectivity index (χ4n) is 3.00. The van der Waals surface area contributed by atoms with Crippen LogP contribution in [0.4, 0.5) is 0 Å². The van der Waals surface area contributed by atoms with Gasteiger partial charge >= 0.3 is 0 Å². The third-order valence-corrected chi connectivity index (χ3v) is 4.12. The van der Waals surface area contributed by atoms with Gasteiger partial charge in [-0.05, 0) is 12.0 Å². The van der Waals surface area contributed by atoms with Crippen LogP contribution in [0.3, 0.4) is 0 Å². The predicted molar refractivity (Wildman–Crippen MR) is 85.2 cm³/mol. The van der Waals surface area contributed by atoms with E-state index in [1.807, 2.05) is 42.5 Å². The molecule has 3 rings (SSSR count). The number of piperazine rings is 1. The van der Waals surface area contributed by atoms with Gasteiger partial charge in [0, 0.05) is 19.0 Å². The molecule has 1 aromatic rings. The van der Waals surface area contributed by atoms with Crippen molar-refractivity contribution < 1.29 is 14.4 Å². The molecule has 0 bridgehead atoms. The Morgan fingerprint density at radius 2 is 2.09 bits per heavy atom. The summed E-state index contributed by atoms with van der Waals surface area (Å²) in [6.07, 6.45) is 4.46. The van der Waals surface area contributed by atoms with Gasteiger partial charge in [0.2, 0.25) is 17.7 Å². The second-order valence-corrected chi connectivity index (χ2v) is 5.80. The van der Waals surface area contributed by atoms with E-state index < -0.39 is 6.04 Å². The lowest BCUT2D eigenvalue weighted by molar-refractivity contribution is -0.143. The topological polar surface area (TPSA) is 78.5 Å². The zero-order valence-corrected chi connectivity index (χ0v) is 12.7. The number of hydrogen-bond donors (Lipinski definition) is 2. The summed E-state index contributed by atoms with van der Waals surface area (Å²) in [5.41, 5.74) is 1.04. The minimum Gasteiger partial charge on any atom is -0.351 e. The van der Waals surface area contributed by atoms with Crippen molar-refractivity contribution in [3.05, 3.63) is 42.0 Å². The molecule has 0 radical (unpaired) electrons. The van der Waals surface area contributed by atoms with Gasteiger partial charge in [0.05, 0.1) is 6.54 Å². The van der Waals surface area contributed by atoms with Gasteiger partial charge in [-0.1, -0.05) is 42.5 Å². The van der Waals surface area contributed by atoms with Crippen LogP contribution in [0.2, 0.25) is 0 Å². The Balaban J connectivity index is 1.50. The van der Waals surface area contributed by atoms with Crippen molar-refractivity contribution in [2.24, 2.45) is 0 Å². The zero-order chi connectivity index (χ0) is 16.2. The van der Waals surface area contributed by atoms with E-state index in [4.69, 9.17) is 0 Å². The second-order valence-electron chi connectivity index (χ2n) is 5.80. The number of hydrogen-bond acceptors (Lipinski definition) is 3. The van der Waals surface area contributed by atoms with E-state index in [0.29, 0.717) is 13.0 Å². The predicted octanol–water partition coefficient (Wildman–Crippen LogP) is 0.305. The molecule has 0 aromatic heterocycles. The molecule has 6 nitrogen and oxygen atoms in total. The van der Waals surface area contributed by atoms with Crippen LogP contribution in [0.1, 0.15) is 18.4 Å². The molecule has 23 heavy (non-hydrogen) atoms. The lowest BCUT2D eigenvalue weighted by Gasteiger charge is -2.28. The molecule has 0 unspecified atom stereocenters. The van der Waals surface area contributed by atoms with Crippen molar-refractivity contribution in [1.82, 2.24) is 15.5 Å². The van der Waals surface area contributed by atoms with Crippen molar-refractivity contribution in [1.29, 1.82) is 0 Å². The highest BCUT2D eigenvalue weighted by Gasteiger charge is 2.42. The van der Waals surface area contributed by atoms with Crippen LogP contribution in [0, 0.1) is 0 Å².